The van der Waals surface area contributed by atoms with E-state index in [0.717, 1.165) is 0 Å². The molecule has 0 spiro atoms. The summed E-state index contributed by atoms with van der Waals surface area (Å²) in [5.41, 5.74) is 4.87. The zero-order valence-electron chi connectivity index (χ0n) is 10.7. The van der Waals surface area contributed by atoms with Crippen molar-refractivity contribution in [2.75, 3.05) is 13.1 Å². The molecular weight excluding hydrogens is 230 g/mol. The van der Waals surface area contributed by atoms with Crippen LogP contribution in [0.2, 0.25) is 0 Å². The Morgan fingerprint density at radius 1 is 1.22 bits per heavy atom. The number of nitrogens with one attached hydrogen (secondary N) is 2. The minimum Gasteiger partial charge on any atom is -0.353 e. The summed E-state index contributed by atoms with van der Waals surface area (Å²) in [6.45, 7) is 4.07. The van der Waals surface area contributed by atoms with E-state index in [-0.39, 0.29) is 11.8 Å². The topological polar surface area (TPSA) is 84.2 Å². The van der Waals surface area contributed by atoms with E-state index in [0.29, 0.717) is 18.7 Å². The lowest BCUT2D eigenvalue weighted by molar-refractivity contribution is -0.126. The molecule has 5 nitrogen and oxygen atoms in total. The van der Waals surface area contributed by atoms with E-state index in [9.17, 15) is 9.59 Å². The molecule has 1 aromatic rings. The Kier molecular flexibility index (Phi) is 4.85. The second-order valence-electron chi connectivity index (χ2n) is 4.49. The Hall–Kier alpha value is -1.88. The number of amides is 2. The van der Waals surface area contributed by atoms with Gasteiger partial charge in [-0.2, -0.15) is 0 Å². The normalized spacial score (nSPS) is 10.8. The average Bonchev–Trinajstić information content (AvgIpc) is 2.36. The van der Waals surface area contributed by atoms with Crippen LogP contribution in [-0.4, -0.2) is 30.4 Å². The number of nitrogens with two attached hydrogens (primary N) is 1. The summed E-state index contributed by atoms with van der Waals surface area (Å²) < 4.78 is 0. The van der Waals surface area contributed by atoms with Gasteiger partial charge < -0.3 is 16.4 Å². The highest BCUT2D eigenvalue weighted by molar-refractivity contribution is 5.98. The van der Waals surface area contributed by atoms with Gasteiger partial charge in [0.2, 0.25) is 5.91 Å². The minimum atomic E-state index is -0.970. The van der Waals surface area contributed by atoms with Crippen LogP contribution >= 0.6 is 0 Å². The molecule has 0 heterocycles. The molecule has 0 aromatic heterocycles. The van der Waals surface area contributed by atoms with Crippen LogP contribution in [0, 0.1) is 0 Å². The van der Waals surface area contributed by atoms with E-state index in [4.69, 9.17) is 5.73 Å². The van der Waals surface area contributed by atoms with Crippen LogP contribution in [0.4, 0.5) is 0 Å². The molecule has 0 aliphatic heterocycles. The van der Waals surface area contributed by atoms with Crippen LogP contribution in [0.1, 0.15) is 24.2 Å². The monoisotopic (exact) mass is 249 g/mol. The number of carbonyl (C=O) groups is 2. The standard InChI is InChI=1S/C13H19N3O2/c1-13(2,12(18)15-9-8-14)16-11(17)10-6-4-3-5-7-10/h3-7H,8-9,14H2,1-2H3,(H,15,18)(H,16,17). The summed E-state index contributed by atoms with van der Waals surface area (Å²) in [4.78, 5) is 23.7. The lowest BCUT2D eigenvalue weighted by Gasteiger charge is -2.25. The first-order chi connectivity index (χ1) is 8.47. The van der Waals surface area contributed by atoms with Crippen LogP contribution in [0.15, 0.2) is 30.3 Å². The molecule has 0 aliphatic rings. The first kappa shape index (κ1) is 14.2. The third-order valence-electron chi connectivity index (χ3n) is 2.46. The molecule has 0 aliphatic carbocycles. The van der Waals surface area contributed by atoms with Gasteiger partial charge in [0.25, 0.3) is 5.91 Å². The second kappa shape index (κ2) is 6.16. The van der Waals surface area contributed by atoms with Gasteiger partial charge in [0.15, 0.2) is 0 Å². The molecule has 0 atom stereocenters. The fraction of sp³-hybridized carbons (Fsp3) is 0.385. The van der Waals surface area contributed by atoms with Gasteiger partial charge in [0.1, 0.15) is 5.54 Å². The van der Waals surface area contributed by atoms with Gasteiger partial charge in [0.05, 0.1) is 0 Å². The maximum atomic E-state index is 11.9. The van der Waals surface area contributed by atoms with Gasteiger partial charge in [-0.1, -0.05) is 18.2 Å². The quantitative estimate of drug-likeness (QED) is 0.700. The molecule has 2 amide bonds. The van der Waals surface area contributed by atoms with Crippen molar-refractivity contribution in [3.05, 3.63) is 35.9 Å². The fourth-order valence-corrected chi connectivity index (χ4v) is 1.41. The van der Waals surface area contributed by atoms with E-state index in [1.54, 1.807) is 38.1 Å². The molecule has 18 heavy (non-hydrogen) atoms. The fourth-order valence-electron chi connectivity index (χ4n) is 1.41. The van der Waals surface area contributed by atoms with Crippen LogP contribution in [0.25, 0.3) is 0 Å². The van der Waals surface area contributed by atoms with Crippen molar-refractivity contribution in [2.45, 2.75) is 19.4 Å². The van der Waals surface area contributed by atoms with Gasteiger partial charge in [-0.25, -0.2) is 0 Å². The van der Waals surface area contributed by atoms with Crippen molar-refractivity contribution in [1.82, 2.24) is 10.6 Å². The molecule has 0 saturated heterocycles. The molecule has 0 fully saturated rings. The van der Waals surface area contributed by atoms with E-state index < -0.39 is 5.54 Å². The van der Waals surface area contributed by atoms with Crippen molar-refractivity contribution >= 4 is 11.8 Å². The predicted molar refractivity (Wildman–Crippen MR) is 70.1 cm³/mol. The smallest absolute Gasteiger partial charge is 0.252 e. The van der Waals surface area contributed by atoms with Crippen LogP contribution < -0.4 is 16.4 Å². The molecule has 0 radical (unpaired) electrons. The Balaban J connectivity index is 2.65. The van der Waals surface area contributed by atoms with Gasteiger partial charge in [-0.05, 0) is 26.0 Å². The van der Waals surface area contributed by atoms with Gasteiger partial charge >= 0.3 is 0 Å². The summed E-state index contributed by atoms with van der Waals surface area (Å²) in [6.07, 6.45) is 0. The minimum absolute atomic E-state index is 0.253. The van der Waals surface area contributed by atoms with E-state index in [1.165, 1.54) is 0 Å². The number of hydrogen-bond acceptors (Lipinski definition) is 3. The summed E-state index contributed by atoms with van der Waals surface area (Å²) in [5, 5.41) is 5.34. The molecule has 1 aromatic carbocycles. The van der Waals surface area contributed by atoms with E-state index in [1.807, 2.05) is 6.07 Å². The Morgan fingerprint density at radius 3 is 2.39 bits per heavy atom. The Bertz CT molecular complexity index is 416. The van der Waals surface area contributed by atoms with Gasteiger partial charge in [-0.15, -0.1) is 0 Å². The van der Waals surface area contributed by atoms with E-state index in [2.05, 4.69) is 10.6 Å². The maximum absolute atomic E-state index is 11.9. The SMILES string of the molecule is CC(C)(NC(=O)c1ccccc1)C(=O)NCCN. The molecule has 5 heteroatoms. The lowest BCUT2D eigenvalue weighted by atomic mass is 10.0. The van der Waals surface area contributed by atoms with Crippen LogP contribution in [0.5, 0.6) is 0 Å². The van der Waals surface area contributed by atoms with Crippen molar-refractivity contribution < 1.29 is 9.59 Å². The van der Waals surface area contributed by atoms with Gasteiger partial charge in [0, 0.05) is 18.7 Å². The molecule has 1 rings (SSSR count). The third kappa shape index (κ3) is 3.85. The summed E-state index contributed by atoms with van der Waals surface area (Å²) in [5.74, 6) is -0.527. The second-order valence-corrected chi connectivity index (χ2v) is 4.49. The summed E-state index contributed by atoms with van der Waals surface area (Å²) in [6, 6.07) is 8.77. The third-order valence-corrected chi connectivity index (χ3v) is 2.46. The maximum Gasteiger partial charge on any atom is 0.252 e. The Morgan fingerprint density at radius 2 is 1.83 bits per heavy atom. The average molecular weight is 249 g/mol. The van der Waals surface area contributed by atoms with Crippen molar-refractivity contribution in [3.63, 3.8) is 0 Å². The Labute approximate surface area is 107 Å². The highest BCUT2D eigenvalue weighted by Crippen LogP contribution is 2.05. The van der Waals surface area contributed by atoms with Crippen LogP contribution in [-0.2, 0) is 4.79 Å². The summed E-state index contributed by atoms with van der Waals surface area (Å²) >= 11 is 0. The zero-order valence-corrected chi connectivity index (χ0v) is 10.7. The van der Waals surface area contributed by atoms with Gasteiger partial charge in [-0.3, -0.25) is 9.59 Å². The lowest BCUT2D eigenvalue weighted by Crippen LogP contribution is -2.55. The molecular formula is C13H19N3O2. The number of carbonyl (C=O) groups excluding carboxylic acids is 2. The largest absolute Gasteiger partial charge is 0.353 e. The molecule has 0 unspecified atom stereocenters. The highest BCUT2D eigenvalue weighted by Gasteiger charge is 2.29. The molecule has 0 bridgehead atoms. The van der Waals surface area contributed by atoms with Crippen molar-refractivity contribution in [3.8, 4) is 0 Å². The molecule has 4 N–H and O–H groups in total. The number of benzene rings is 1. The predicted octanol–water partition coefficient (Wildman–Crippen LogP) is 0.270. The molecule has 0 saturated carbocycles. The number of hydrogen-bond donors (Lipinski definition) is 3. The van der Waals surface area contributed by atoms with E-state index >= 15 is 0 Å². The van der Waals surface area contributed by atoms with Crippen molar-refractivity contribution in [1.29, 1.82) is 0 Å². The van der Waals surface area contributed by atoms with Crippen molar-refractivity contribution in [2.24, 2.45) is 5.73 Å². The summed E-state index contributed by atoms with van der Waals surface area (Å²) in [7, 11) is 0. The highest BCUT2D eigenvalue weighted by atomic mass is 16.2. The first-order valence-corrected chi connectivity index (χ1v) is 5.83. The molecule has 98 valence electrons. The van der Waals surface area contributed by atoms with Crippen LogP contribution in [0.3, 0.4) is 0 Å². The first-order valence-electron chi connectivity index (χ1n) is 5.83. The number of rotatable bonds is 5. The zero-order chi connectivity index (χ0) is 13.6.